The van der Waals surface area contributed by atoms with E-state index in [0.717, 1.165) is 25.7 Å². The van der Waals surface area contributed by atoms with Crippen LogP contribution in [-0.4, -0.2) is 160 Å². The third-order valence-corrected chi connectivity index (χ3v) is 20.7. The van der Waals surface area contributed by atoms with Gasteiger partial charge in [-0.2, -0.15) is 0 Å². The second kappa shape index (κ2) is 66.4. The molecule has 0 aliphatic carbocycles. The lowest BCUT2D eigenvalue weighted by molar-refractivity contribution is 0.0669. The molecule has 0 heterocycles. The molecule has 0 spiro atoms. The molecule has 0 saturated carbocycles. The molecule has 538 valence electrons. The number of hydrogen-bond acceptors (Lipinski definition) is 13. The van der Waals surface area contributed by atoms with Crippen LogP contribution in [0.15, 0.2) is 59.5 Å². The minimum atomic E-state index is -2.29. The molecule has 0 aliphatic rings. The molecule has 0 rings (SSSR count). The molecule has 2 atom stereocenters. The van der Waals surface area contributed by atoms with E-state index in [1.54, 1.807) is 59.8 Å². The summed E-state index contributed by atoms with van der Waals surface area (Å²) in [6.45, 7) is 48.4. The molecule has 4 N–H and O–H groups in total. The summed E-state index contributed by atoms with van der Waals surface area (Å²) >= 11 is -8.86. The first kappa shape index (κ1) is 96.6. The van der Waals surface area contributed by atoms with E-state index in [1.165, 1.54) is 122 Å². The molecule has 0 saturated heterocycles. The highest BCUT2D eigenvalue weighted by atomic mass is 27.3. The number of rotatable bonds is 54. The minimum Gasteiger partial charge on any atom is -0.777 e. The first-order valence-electron chi connectivity index (χ1n) is 35.4. The zero-order chi connectivity index (χ0) is 70.7. The van der Waals surface area contributed by atoms with E-state index in [9.17, 15) is 9.59 Å². The number of hydrogen-bond donors (Lipinski definition) is 0. The third kappa shape index (κ3) is 74.0. The second-order valence-corrected chi connectivity index (χ2v) is 30.9. The Morgan fingerprint density at radius 1 is 0.337 bits per heavy atom. The zero-order valence-electron chi connectivity index (χ0n) is 63.2. The van der Waals surface area contributed by atoms with Gasteiger partial charge in [0.05, 0.1) is 39.0 Å². The summed E-state index contributed by atoms with van der Waals surface area (Å²) in [5.74, 6) is 4.08. The predicted octanol–water partition coefficient (Wildman–Crippen LogP) is 18.8. The van der Waals surface area contributed by atoms with Crippen molar-refractivity contribution in [1.82, 2.24) is 0 Å². The fraction of sp³-hybridized carbons (Fsp3) is 0.803. The number of ketones is 3. The lowest BCUT2D eigenvalue weighted by Crippen LogP contribution is -2.32. The maximum atomic E-state index is 9.99. The Labute approximate surface area is 584 Å². The average molecular weight is 1370 g/mol. The monoisotopic (exact) mass is 1370 g/mol. The predicted molar refractivity (Wildman–Crippen MR) is 388 cm³/mol. The molecule has 4 radical (unpaired) electrons. The molecule has 21 heteroatoms. The standard InChI is InChI=1S/C22H40O3.2C8H17O.3C5H8O2.6C3H7O.4Al/c1-3-4-5-6-7-8-9-10-11-12-13-14-15-16-17-18-19-25-22(24)20-21(2)23;2*1-3-5-6-8(4-2)7-9;3*1-4(6)3-5(2)7;6*1-3(2)4;;;;/h10-11,20,23H,3-9,12-19H2,1-2H3;2*8H,3-7H2,1-2H3;3*3,6H,1-2H3;6*3H,1-2H3;;;;/q;2*-1;;;;6*-1;4*+2/b11-10+,21-20?;;;;;;;;;;;;;;;. The van der Waals surface area contributed by atoms with E-state index in [1.807, 2.05) is 90.0 Å². The zero-order valence-corrected chi connectivity index (χ0v) is 67.8. The SMILES string of the molecule is CC(=[OH+])C=C(C)[O][Al-]([O]C(C)C)[O]C(C)C.CC(=[OH+])C=C(C)[O][Al-]([O]C(C)C)[O]C(C)C.CCCCC(CC)C[O][Al-]([O]CC(CC)CCCC)[O]C(C)=CC(C)=[OH+].CCCCCCCC/C=C/CCCCCCCCOC(=[OH+])C=C(C)[O][Al-]([O]C(C)C)[O]C(C)C. The molecular weight excluding hydrogens is 1230 g/mol. The van der Waals surface area contributed by atoms with Crippen LogP contribution in [0.3, 0.4) is 0 Å². The van der Waals surface area contributed by atoms with E-state index >= 15 is 0 Å². The number of allylic oxidation sites excluding steroid dienone is 9. The Kier molecular flexibility index (Phi) is 69.7. The Balaban J connectivity index is -0.000000591. The van der Waals surface area contributed by atoms with E-state index in [0.29, 0.717) is 54.7 Å². The van der Waals surface area contributed by atoms with Crippen LogP contribution >= 0.6 is 0 Å². The van der Waals surface area contributed by atoms with Crippen LogP contribution in [0.25, 0.3) is 0 Å². The normalized spacial score (nSPS) is 13.1. The maximum Gasteiger partial charge on any atom is 0.653 e. The first-order chi connectivity index (χ1) is 43.4. The summed E-state index contributed by atoms with van der Waals surface area (Å²) in [6, 6.07) is 0. The van der Waals surface area contributed by atoms with Gasteiger partial charge in [0.2, 0.25) is 0 Å². The average Bonchev–Trinajstić information content (AvgIpc) is 3.02. The Bertz CT molecular complexity index is 1840. The molecular formula is C71H140Al4O17. The summed E-state index contributed by atoms with van der Waals surface area (Å²) in [5, 5.41) is 0. The molecule has 0 aromatic heterocycles. The van der Waals surface area contributed by atoms with Crippen LogP contribution < -0.4 is 0 Å². The van der Waals surface area contributed by atoms with Gasteiger partial charge in [-0.05, 0) is 217 Å². The van der Waals surface area contributed by atoms with Crippen LogP contribution in [0.5, 0.6) is 0 Å². The summed E-state index contributed by atoms with van der Waals surface area (Å²) in [6.07, 6.45) is 38.7. The fourth-order valence-electron chi connectivity index (χ4n) is 8.31. The van der Waals surface area contributed by atoms with Crippen LogP contribution in [0.2, 0.25) is 0 Å². The van der Waals surface area contributed by atoms with Gasteiger partial charge in [-0.1, -0.05) is 137 Å². The van der Waals surface area contributed by atoms with Crippen molar-refractivity contribution in [2.45, 2.75) is 344 Å². The van der Waals surface area contributed by atoms with Crippen LogP contribution in [0.1, 0.15) is 307 Å². The van der Waals surface area contributed by atoms with E-state index in [4.69, 9.17) is 59.8 Å². The molecule has 0 aromatic carbocycles. The molecule has 0 fully saturated rings. The Morgan fingerprint density at radius 3 is 0.891 bits per heavy atom. The van der Waals surface area contributed by atoms with Crippen molar-refractivity contribution in [2.24, 2.45) is 11.8 Å². The van der Waals surface area contributed by atoms with Gasteiger partial charge in [-0.3, -0.25) is 14.4 Å². The molecule has 2 unspecified atom stereocenters. The first-order valence-corrected chi connectivity index (χ1v) is 41.1. The number of ether oxygens (including phenoxy) is 1. The maximum absolute atomic E-state index is 9.99. The topological polar surface area (TPSA) is 206 Å². The van der Waals surface area contributed by atoms with Gasteiger partial charge in [0.1, 0.15) is 6.08 Å². The van der Waals surface area contributed by atoms with Gasteiger partial charge in [-0.25, -0.2) is 0 Å². The van der Waals surface area contributed by atoms with Gasteiger partial charge >= 0.3 is 83.9 Å². The van der Waals surface area contributed by atoms with Crippen LogP contribution in [0, 0.1) is 11.8 Å². The third-order valence-electron chi connectivity index (χ3n) is 12.9. The summed E-state index contributed by atoms with van der Waals surface area (Å²) in [5.41, 5.74) is 0. The Hall–Kier alpha value is -1.81. The summed E-state index contributed by atoms with van der Waals surface area (Å²) in [4.78, 5) is 37.6. The minimum absolute atomic E-state index is 0.0309. The summed E-state index contributed by atoms with van der Waals surface area (Å²) < 4.78 is 74.2. The molecule has 0 aromatic rings. The second-order valence-electron chi connectivity index (χ2n) is 25.3. The smallest absolute Gasteiger partial charge is 0.653 e. The quantitative estimate of drug-likeness (QED) is 0.0106. The van der Waals surface area contributed by atoms with Gasteiger partial charge in [-0.15, -0.1) is 0 Å². The van der Waals surface area contributed by atoms with Crippen molar-refractivity contribution in [3.8, 4) is 0 Å². The Morgan fingerprint density at radius 2 is 0.609 bits per heavy atom. The fourth-order valence-corrected chi connectivity index (χ4v) is 14.1. The van der Waals surface area contributed by atoms with Gasteiger partial charge < -0.3 is 55.0 Å². The van der Waals surface area contributed by atoms with E-state index in [2.05, 4.69) is 46.8 Å². The van der Waals surface area contributed by atoms with E-state index in [-0.39, 0.29) is 59.9 Å². The molecule has 0 aliphatic heterocycles. The van der Waals surface area contributed by atoms with Crippen LogP contribution in [-0.2, 0) is 50.2 Å². The lowest BCUT2D eigenvalue weighted by Gasteiger charge is -2.33. The molecule has 0 bridgehead atoms. The number of esters is 1. The highest BCUT2D eigenvalue weighted by molar-refractivity contribution is 6.38. The molecule has 17 nitrogen and oxygen atoms in total. The molecule has 0 amide bonds. The van der Waals surface area contributed by atoms with Crippen molar-refractivity contribution in [3.63, 3.8) is 0 Å². The van der Waals surface area contributed by atoms with Crippen molar-refractivity contribution in [2.75, 3.05) is 19.8 Å². The van der Waals surface area contributed by atoms with Crippen molar-refractivity contribution < 1.29 is 69.4 Å². The van der Waals surface area contributed by atoms with Crippen molar-refractivity contribution in [1.29, 1.82) is 0 Å². The molecule has 92 heavy (non-hydrogen) atoms. The van der Waals surface area contributed by atoms with E-state index < -0.39 is 60.6 Å². The van der Waals surface area contributed by atoms with Gasteiger partial charge in [0.15, 0.2) is 6.61 Å². The van der Waals surface area contributed by atoms with Gasteiger partial charge in [0, 0.05) is 29.5 Å². The van der Waals surface area contributed by atoms with Crippen LogP contribution in [0.4, 0.5) is 0 Å². The lowest BCUT2D eigenvalue weighted by atomic mass is 10.0. The van der Waals surface area contributed by atoms with Gasteiger partial charge in [0.25, 0.3) is 0 Å². The van der Waals surface area contributed by atoms with Crippen molar-refractivity contribution in [3.05, 3.63) is 59.5 Å². The summed E-state index contributed by atoms with van der Waals surface area (Å²) in [7, 11) is 0. The highest BCUT2D eigenvalue weighted by Gasteiger charge is 2.21. The van der Waals surface area contributed by atoms with Crippen molar-refractivity contribution >= 4 is 83.9 Å². The number of carbonyl (C=O) groups excluding carboxylic acids is 4. The highest BCUT2D eigenvalue weighted by Crippen LogP contribution is 2.19. The largest absolute Gasteiger partial charge is 0.777 e. The number of unbranched alkanes of at least 4 members (excludes halogenated alkanes) is 14.